The van der Waals surface area contributed by atoms with Crippen molar-refractivity contribution in [3.05, 3.63) is 40.1 Å². The Hall–Kier alpha value is -4.24. The molecule has 0 amide bonds. The number of aliphatic carboxylic acids is 1. The number of carboxylic acids is 1. The van der Waals surface area contributed by atoms with E-state index in [0.717, 1.165) is 18.2 Å². The number of phenolic OH excluding ortho intramolecular Hbond substituents is 4. The van der Waals surface area contributed by atoms with Gasteiger partial charge in [0.05, 0.1) is 12.2 Å². The van der Waals surface area contributed by atoms with Crippen molar-refractivity contribution in [3.63, 3.8) is 0 Å². The van der Waals surface area contributed by atoms with Crippen LogP contribution in [0, 0.1) is 0 Å². The van der Waals surface area contributed by atoms with E-state index < -0.39 is 130 Å². The topological polar surface area (TPSA) is 318 Å². The van der Waals surface area contributed by atoms with Crippen LogP contribution in [0.25, 0.3) is 22.3 Å². The third kappa shape index (κ3) is 5.37. The summed E-state index contributed by atoms with van der Waals surface area (Å²) in [5, 5.41) is 122. The van der Waals surface area contributed by atoms with Crippen LogP contribution in [0.1, 0.15) is 11.7 Å². The van der Waals surface area contributed by atoms with E-state index in [1.54, 1.807) is 0 Å². The molecule has 2 aromatic carbocycles. The van der Waals surface area contributed by atoms with E-state index in [2.05, 4.69) is 0 Å². The lowest BCUT2D eigenvalue weighted by molar-refractivity contribution is -0.277. The molecule has 45 heavy (non-hydrogen) atoms. The van der Waals surface area contributed by atoms with Gasteiger partial charge in [-0.1, -0.05) is 0 Å². The van der Waals surface area contributed by atoms with Gasteiger partial charge < -0.3 is 79.9 Å². The molecule has 244 valence electrons. The highest BCUT2D eigenvalue weighted by atomic mass is 16.7. The van der Waals surface area contributed by atoms with E-state index in [-0.39, 0.29) is 5.56 Å². The normalized spacial score (nSPS) is 32.0. The number of phenols is 4. The third-order valence-electron chi connectivity index (χ3n) is 7.58. The fraction of sp³-hybridized carbons (Fsp3) is 0.407. The van der Waals surface area contributed by atoms with Gasteiger partial charge in [0.1, 0.15) is 65.7 Å². The lowest BCUT2D eigenvalue weighted by Gasteiger charge is -2.39. The smallest absolute Gasteiger partial charge is 0.335 e. The molecule has 0 saturated carbocycles. The van der Waals surface area contributed by atoms with Crippen LogP contribution in [-0.4, -0.2) is 129 Å². The minimum Gasteiger partial charge on any atom is -0.507 e. The summed E-state index contributed by atoms with van der Waals surface area (Å²) in [5.41, 5.74) is -2.96. The molecule has 2 saturated heterocycles. The van der Waals surface area contributed by atoms with Crippen LogP contribution in [0.2, 0.25) is 0 Å². The minimum absolute atomic E-state index is 0.235. The summed E-state index contributed by atoms with van der Waals surface area (Å²) in [7, 11) is 0. The molecule has 18 nitrogen and oxygen atoms in total. The minimum atomic E-state index is -2.15. The van der Waals surface area contributed by atoms with Gasteiger partial charge >= 0.3 is 5.97 Å². The maximum Gasteiger partial charge on any atom is 0.335 e. The first kappa shape index (κ1) is 32.2. The average molecular weight is 641 g/mol. The number of hydrogen-bond acceptors (Lipinski definition) is 17. The zero-order valence-corrected chi connectivity index (χ0v) is 22.6. The molecule has 5 rings (SSSR count). The second kappa shape index (κ2) is 11.9. The van der Waals surface area contributed by atoms with Crippen LogP contribution in [0.3, 0.4) is 0 Å². The van der Waals surface area contributed by atoms with Crippen molar-refractivity contribution in [2.75, 3.05) is 6.61 Å². The Bertz CT molecular complexity index is 1670. The Morgan fingerprint density at radius 2 is 1.44 bits per heavy atom. The predicted molar refractivity (Wildman–Crippen MR) is 142 cm³/mol. The molecule has 0 bridgehead atoms. The van der Waals surface area contributed by atoms with Crippen LogP contribution in [0.15, 0.2) is 33.5 Å². The zero-order valence-electron chi connectivity index (χ0n) is 22.6. The molecule has 2 aliphatic rings. The number of fused-ring (bicyclic) bond motifs is 1. The van der Waals surface area contributed by atoms with Gasteiger partial charge in [0, 0.05) is 11.6 Å². The van der Waals surface area contributed by atoms with Gasteiger partial charge in [-0.15, -0.1) is 0 Å². The third-order valence-corrected chi connectivity index (χ3v) is 7.58. The van der Waals surface area contributed by atoms with Crippen molar-refractivity contribution in [2.24, 2.45) is 0 Å². The molecule has 0 spiro atoms. The molecule has 3 aromatic rings. The molecular formula is C27H28O18. The quantitative estimate of drug-likeness (QED) is 0.120. The highest BCUT2D eigenvalue weighted by Gasteiger charge is 2.49. The molecule has 0 unspecified atom stereocenters. The van der Waals surface area contributed by atoms with Gasteiger partial charge in [0.25, 0.3) is 0 Å². The highest BCUT2D eigenvalue weighted by Crippen LogP contribution is 2.46. The fourth-order valence-electron chi connectivity index (χ4n) is 5.18. The second-order valence-electron chi connectivity index (χ2n) is 10.4. The van der Waals surface area contributed by atoms with Gasteiger partial charge in [0.2, 0.25) is 17.5 Å². The summed E-state index contributed by atoms with van der Waals surface area (Å²) < 4.78 is 22.0. The summed E-state index contributed by atoms with van der Waals surface area (Å²) in [6.07, 6.45) is -19.8. The summed E-state index contributed by atoms with van der Waals surface area (Å²) in [5.74, 6) is -6.54. The Morgan fingerprint density at radius 1 is 0.778 bits per heavy atom. The Balaban J connectivity index is 1.77. The maximum atomic E-state index is 14.0. The zero-order chi connectivity index (χ0) is 33.1. The van der Waals surface area contributed by atoms with Crippen molar-refractivity contribution < 1.29 is 84.7 Å². The number of rotatable bonds is 6. The molecule has 0 aliphatic carbocycles. The molecule has 0 radical (unpaired) electrons. The lowest BCUT2D eigenvalue weighted by atomic mass is 9.89. The SMILES string of the molecule is O=C(O)[C@H]1O[C@@H](c2c(O)cc(O)c3c(=O)c(O[C@@H]4O[C@H](CO)[C@@H](O)[C@H](O)[C@H]4O)c(-c4ccc(O)c(O)c4)oc23)[C@H](O)[C@@H](O)[C@@H]1O. The van der Waals surface area contributed by atoms with E-state index in [0.29, 0.717) is 6.07 Å². The van der Waals surface area contributed by atoms with E-state index in [1.807, 2.05) is 0 Å². The number of aliphatic hydroxyl groups is 7. The van der Waals surface area contributed by atoms with Crippen LogP contribution in [-0.2, 0) is 14.3 Å². The largest absolute Gasteiger partial charge is 0.507 e. The number of hydrogen-bond donors (Lipinski definition) is 12. The summed E-state index contributed by atoms with van der Waals surface area (Å²) in [6, 6.07) is 3.56. The average Bonchev–Trinajstić information content (AvgIpc) is 2.99. The standard InChI is InChI=1S/C27H28O18/c28-5-11-14(33)16(35)20(39)27(42-11)45-24-15(34)12-9(31)4-10(32)13(23-18(37)17(36)19(38)25(44-23)26(40)41)22(12)43-21(24)6-1-2-7(29)8(30)3-6/h1-4,11,14,16-20,23,25,27-33,35-39H,5H2,(H,40,41)/t11-,14-,16+,17-,18-,19+,20-,23+,25+,27+/m1/s1. The van der Waals surface area contributed by atoms with Gasteiger partial charge in [-0.05, 0) is 18.2 Å². The second-order valence-corrected chi connectivity index (χ2v) is 10.4. The first-order chi connectivity index (χ1) is 21.2. The summed E-state index contributed by atoms with van der Waals surface area (Å²) >= 11 is 0. The fourth-order valence-corrected chi connectivity index (χ4v) is 5.18. The van der Waals surface area contributed by atoms with Crippen molar-refractivity contribution in [3.8, 4) is 40.1 Å². The molecule has 12 N–H and O–H groups in total. The first-order valence-corrected chi connectivity index (χ1v) is 13.2. The van der Waals surface area contributed by atoms with E-state index >= 15 is 0 Å². The first-order valence-electron chi connectivity index (χ1n) is 13.2. The van der Waals surface area contributed by atoms with Crippen LogP contribution in [0.4, 0.5) is 0 Å². The predicted octanol–water partition coefficient (Wildman–Crippen LogP) is -2.93. The molecular weight excluding hydrogens is 612 g/mol. The lowest BCUT2D eigenvalue weighted by Crippen LogP contribution is -2.60. The van der Waals surface area contributed by atoms with Gasteiger partial charge in [-0.3, -0.25) is 4.79 Å². The summed E-state index contributed by atoms with van der Waals surface area (Å²) in [6.45, 7) is -0.860. The van der Waals surface area contributed by atoms with Crippen LogP contribution >= 0.6 is 0 Å². The number of aromatic hydroxyl groups is 4. The number of benzene rings is 2. The Labute approximate surface area is 250 Å². The Morgan fingerprint density at radius 3 is 2.07 bits per heavy atom. The Kier molecular flexibility index (Phi) is 8.53. The van der Waals surface area contributed by atoms with Crippen molar-refractivity contribution in [2.45, 2.75) is 61.2 Å². The summed E-state index contributed by atoms with van der Waals surface area (Å²) in [4.78, 5) is 25.7. The number of carboxylic acid groups (broad SMARTS) is 1. The van der Waals surface area contributed by atoms with E-state index in [1.165, 1.54) is 0 Å². The van der Waals surface area contributed by atoms with Gasteiger partial charge in [-0.2, -0.15) is 0 Å². The van der Waals surface area contributed by atoms with E-state index in [4.69, 9.17) is 18.6 Å². The van der Waals surface area contributed by atoms with Gasteiger partial charge in [-0.25, -0.2) is 4.79 Å². The van der Waals surface area contributed by atoms with E-state index in [9.17, 15) is 70.9 Å². The number of ether oxygens (including phenoxy) is 3. The van der Waals surface area contributed by atoms with Gasteiger partial charge in [0.15, 0.2) is 28.9 Å². The molecule has 2 aliphatic heterocycles. The van der Waals surface area contributed by atoms with Crippen molar-refractivity contribution >= 4 is 16.9 Å². The van der Waals surface area contributed by atoms with Crippen LogP contribution in [0.5, 0.6) is 28.7 Å². The monoisotopic (exact) mass is 640 g/mol. The number of carbonyl (C=O) groups is 1. The van der Waals surface area contributed by atoms with Crippen molar-refractivity contribution in [1.82, 2.24) is 0 Å². The maximum absolute atomic E-state index is 14.0. The highest BCUT2D eigenvalue weighted by molar-refractivity contribution is 5.91. The molecule has 2 fully saturated rings. The molecule has 18 heteroatoms. The number of aliphatic hydroxyl groups excluding tert-OH is 7. The molecule has 1 aromatic heterocycles. The molecule has 10 atom stereocenters. The van der Waals surface area contributed by atoms with Crippen LogP contribution < -0.4 is 10.2 Å². The molecule has 3 heterocycles. The van der Waals surface area contributed by atoms with Crippen molar-refractivity contribution in [1.29, 1.82) is 0 Å².